The van der Waals surface area contributed by atoms with Crippen LogP contribution in [-0.2, 0) is 6.54 Å². The number of benzene rings is 1. The minimum atomic E-state index is 0.243. The van der Waals surface area contributed by atoms with Gasteiger partial charge < -0.3 is 20.5 Å². The molecule has 116 valence electrons. The van der Waals surface area contributed by atoms with Crippen LogP contribution in [0.4, 0.5) is 11.5 Å². The molecule has 0 radical (unpaired) electrons. The summed E-state index contributed by atoms with van der Waals surface area (Å²) in [5.41, 5.74) is 8.73. The largest absolute Gasteiger partial charge is 0.454 e. The molecule has 0 saturated heterocycles. The second kappa shape index (κ2) is 5.77. The van der Waals surface area contributed by atoms with Gasteiger partial charge >= 0.3 is 0 Å². The second-order valence-corrected chi connectivity index (χ2v) is 5.89. The number of pyridine rings is 1. The highest BCUT2D eigenvalue weighted by atomic mass is 32.1. The van der Waals surface area contributed by atoms with Gasteiger partial charge in [-0.15, -0.1) is 11.3 Å². The second-order valence-electron chi connectivity index (χ2n) is 5.03. The number of thiazole rings is 1. The Morgan fingerprint density at radius 1 is 1.17 bits per heavy atom. The van der Waals surface area contributed by atoms with Crippen LogP contribution in [0.2, 0.25) is 0 Å². The van der Waals surface area contributed by atoms with E-state index in [-0.39, 0.29) is 6.79 Å². The highest BCUT2D eigenvalue weighted by Crippen LogP contribution is 2.36. The number of anilines is 2. The highest BCUT2D eigenvalue weighted by molar-refractivity contribution is 7.13. The van der Waals surface area contributed by atoms with Crippen molar-refractivity contribution < 1.29 is 9.47 Å². The molecule has 2 aromatic heterocycles. The van der Waals surface area contributed by atoms with Crippen molar-refractivity contribution in [2.24, 2.45) is 0 Å². The Morgan fingerprint density at radius 2 is 1.96 bits per heavy atom. The van der Waals surface area contributed by atoms with Crippen LogP contribution >= 0.6 is 11.3 Å². The molecule has 1 aliphatic rings. The third-order valence-corrected chi connectivity index (χ3v) is 4.42. The van der Waals surface area contributed by atoms with E-state index in [0.717, 1.165) is 27.7 Å². The van der Waals surface area contributed by atoms with Crippen LogP contribution in [0.25, 0.3) is 10.6 Å². The first-order valence-electron chi connectivity index (χ1n) is 7.07. The maximum atomic E-state index is 6.05. The molecule has 3 N–H and O–H groups in total. The standard InChI is InChI=1S/C16H14N4O2S/c17-12-6-14-13(21-9-22-14)5-11(12)7-19-15-8-23-16(20-15)10-1-3-18-4-2-10/h1-6,8,19H,7,9,17H2. The lowest BCUT2D eigenvalue weighted by Crippen LogP contribution is -2.03. The van der Waals surface area contributed by atoms with E-state index in [4.69, 9.17) is 15.2 Å². The average Bonchev–Trinajstić information content (AvgIpc) is 3.22. The van der Waals surface area contributed by atoms with Crippen molar-refractivity contribution in [1.82, 2.24) is 9.97 Å². The van der Waals surface area contributed by atoms with Gasteiger partial charge in [-0.2, -0.15) is 0 Å². The molecule has 1 aromatic carbocycles. The van der Waals surface area contributed by atoms with E-state index in [9.17, 15) is 0 Å². The van der Waals surface area contributed by atoms with Gasteiger partial charge in [-0.05, 0) is 23.8 Å². The van der Waals surface area contributed by atoms with E-state index < -0.39 is 0 Å². The molecule has 7 heteroatoms. The number of ether oxygens (including phenoxy) is 2. The van der Waals surface area contributed by atoms with E-state index in [1.165, 1.54) is 0 Å². The molecule has 23 heavy (non-hydrogen) atoms. The third kappa shape index (κ3) is 2.78. The molecule has 0 saturated carbocycles. The first-order valence-corrected chi connectivity index (χ1v) is 7.95. The number of hydrogen-bond donors (Lipinski definition) is 2. The molecule has 0 fully saturated rings. The molecule has 0 unspecified atom stereocenters. The number of nitrogens with two attached hydrogens (primary N) is 1. The number of nitrogens with zero attached hydrogens (tertiary/aromatic N) is 2. The number of hydrogen-bond acceptors (Lipinski definition) is 7. The zero-order valence-corrected chi connectivity index (χ0v) is 13.0. The predicted octanol–water partition coefficient (Wildman–Crippen LogP) is 3.13. The van der Waals surface area contributed by atoms with Gasteiger partial charge in [0.1, 0.15) is 10.8 Å². The van der Waals surface area contributed by atoms with E-state index in [1.54, 1.807) is 29.8 Å². The quantitative estimate of drug-likeness (QED) is 0.717. The van der Waals surface area contributed by atoms with Gasteiger partial charge in [0.25, 0.3) is 0 Å². The lowest BCUT2D eigenvalue weighted by atomic mass is 10.1. The van der Waals surface area contributed by atoms with Crippen LogP contribution in [0.3, 0.4) is 0 Å². The van der Waals surface area contributed by atoms with Crippen LogP contribution in [0.15, 0.2) is 42.0 Å². The summed E-state index contributed by atoms with van der Waals surface area (Å²) in [5.74, 6) is 2.24. The number of aromatic nitrogens is 2. The van der Waals surface area contributed by atoms with Crippen LogP contribution in [0.1, 0.15) is 5.56 Å². The van der Waals surface area contributed by atoms with E-state index in [0.29, 0.717) is 18.0 Å². The third-order valence-electron chi connectivity index (χ3n) is 3.53. The Morgan fingerprint density at radius 3 is 2.78 bits per heavy atom. The summed E-state index contributed by atoms with van der Waals surface area (Å²) in [6.07, 6.45) is 3.52. The van der Waals surface area contributed by atoms with Crippen molar-refractivity contribution in [2.45, 2.75) is 6.54 Å². The Kier molecular flexibility index (Phi) is 3.47. The van der Waals surface area contributed by atoms with Gasteiger partial charge in [0.15, 0.2) is 11.5 Å². The Balaban J connectivity index is 1.49. The molecule has 3 heterocycles. The van der Waals surface area contributed by atoms with Crippen molar-refractivity contribution in [1.29, 1.82) is 0 Å². The number of fused-ring (bicyclic) bond motifs is 1. The summed E-state index contributed by atoms with van der Waals surface area (Å²) in [6, 6.07) is 7.58. The summed E-state index contributed by atoms with van der Waals surface area (Å²) in [7, 11) is 0. The van der Waals surface area contributed by atoms with Crippen LogP contribution in [0.5, 0.6) is 11.5 Å². The van der Waals surface area contributed by atoms with Gasteiger partial charge in [0, 0.05) is 41.6 Å². The average molecular weight is 326 g/mol. The number of nitrogens with one attached hydrogen (secondary N) is 1. The lowest BCUT2D eigenvalue weighted by Gasteiger charge is -2.08. The Labute approximate surface area is 136 Å². The molecule has 0 atom stereocenters. The predicted molar refractivity (Wildman–Crippen MR) is 89.6 cm³/mol. The molecule has 0 bridgehead atoms. The molecule has 0 amide bonds. The van der Waals surface area contributed by atoms with Crippen LogP contribution < -0.4 is 20.5 Å². The van der Waals surface area contributed by atoms with Crippen molar-refractivity contribution in [3.63, 3.8) is 0 Å². The fourth-order valence-electron chi connectivity index (χ4n) is 2.32. The van der Waals surface area contributed by atoms with Crippen LogP contribution in [0, 0.1) is 0 Å². The van der Waals surface area contributed by atoms with E-state index in [1.807, 2.05) is 23.6 Å². The topological polar surface area (TPSA) is 82.3 Å². The minimum Gasteiger partial charge on any atom is -0.454 e. The summed E-state index contributed by atoms with van der Waals surface area (Å²) in [5, 5.41) is 6.23. The highest BCUT2D eigenvalue weighted by Gasteiger charge is 2.16. The van der Waals surface area contributed by atoms with Crippen molar-refractivity contribution in [3.8, 4) is 22.1 Å². The zero-order valence-electron chi connectivity index (χ0n) is 12.2. The van der Waals surface area contributed by atoms with Gasteiger partial charge in [-0.1, -0.05) is 0 Å². The van der Waals surface area contributed by atoms with Gasteiger partial charge in [0.05, 0.1) is 0 Å². The minimum absolute atomic E-state index is 0.243. The molecule has 0 spiro atoms. The van der Waals surface area contributed by atoms with E-state index >= 15 is 0 Å². The first-order chi connectivity index (χ1) is 11.3. The Hall–Kier alpha value is -2.80. The first kappa shape index (κ1) is 13.8. The molecule has 0 aliphatic carbocycles. The molecular formula is C16H14N4O2S. The fraction of sp³-hybridized carbons (Fsp3) is 0.125. The smallest absolute Gasteiger partial charge is 0.231 e. The molecule has 6 nitrogen and oxygen atoms in total. The number of rotatable bonds is 4. The Bertz CT molecular complexity index is 835. The summed E-state index contributed by atoms with van der Waals surface area (Å²) < 4.78 is 10.7. The molecule has 1 aliphatic heterocycles. The molecule has 4 rings (SSSR count). The normalized spacial score (nSPS) is 12.3. The summed E-state index contributed by atoms with van der Waals surface area (Å²) in [6.45, 7) is 0.815. The van der Waals surface area contributed by atoms with Crippen molar-refractivity contribution in [3.05, 3.63) is 47.6 Å². The summed E-state index contributed by atoms with van der Waals surface area (Å²) in [4.78, 5) is 8.60. The lowest BCUT2D eigenvalue weighted by molar-refractivity contribution is 0.174. The fourth-order valence-corrected chi connectivity index (χ4v) is 3.10. The zero-order chi connectivity index (χ0) is 15.6. The van der Waals surface area contributed by atoms with Gasteiger partial charge in [-0.3, -0.25) is 4.98 Å². The van der Waals surface area contributed by atoms with E-state index in [2.05, 4.69) is 15.3 Å². The SMILES string of the molecule is Nc1cc2c(cc1CNc1csc(-c3ccncc3)n1)OCO2. The summed E-state index contributed by atoms with van der Waals surface area (Å²) >= 11 is 1.58. The molecule has 3 aromatic rings. The van der Waals surface area contributed by atoms with Crippen molar-refractivity contribution >= 4 is 22.8 Å². The molecular weight excluding hydrogens is 312 g/mol. The van der Waals surface area contributed by atoms with Gasteiger partial charge in [0.2, 0.25) is 6.79 Å². The van der Waals surface area contributed by atoms with Crippen LogP contribution in [-0.4, -0.2) is 16.8 Å². The maximum Gasteiger partial charge on any atom is 0.231 e. The number of nitrogen functional groups attached to an aromatic ring is 1. The maximum absolute atomic E-state index is 6.05. The van der Waals surface area contributed by atoms with Gasteiger partial charge in [-0.25, -0.2) is 4.98 Å². The van der Waals surface area contributed by atoms with Crippen molar-refractivity contribution in [2.75, 3.05) is 17.8 Å². The monoisotopic (exact) mass is 326 g/mol.